The second-order valence-corrected chi connectivity index (χ2v) is 13.4. The average molecular weight is 626 g/mol. The smallest absolute Gasteiger partial charge is 0.244 e. The molecule has 3 fully saturated rings. The number of pyridine rings is 1. The van der Waals surface area contributed by atoms with Crippen molar-refractivity contribution in [3.8, 4) is 11.8 Å². The van der Waals surface area contributed by atoms with Crippen LogP contribution in [0.1, 0.15) is 37.8 Å². The number of hydrogen-bond donors (Lipinski definition) is 1. The molecule has 0 radical (unpaired) electrons. The maximum absolute atomic E-state index is 14.9. The molecule has 200 valence electrons. The molecule has 2 saturated carbocycles. The molecule has 2 aliphatic carbocycles. The summed E-state index contributed by atoms with van der Waals surface area (Å²) in [6.07, 6.45) is 2.75. The number of halogens is 3. The molecule has 0 bridgehead atoms. The van der Waals surface area contributed by atoms with Crippen molar-refractivity contribution >= 4 is 49.2 Å². The van der Waals surface area contributed by atoms with Gasteiger partial charge in [-0.1, -0.05) is 11.6 Å². The van der Waals surface area contributed by atoms with Gasteiger partial charge in [0.15, 0.2) is 9.84 Å². The lowest BCUT2D eigenvalue weighted by Gasteiger charge is -2.28. The summed E-state index contributed by atoms with van der Waals surface area (Å²) in [5, 5.41) is 10.9. The molecule has 0 spiro atoms. The van der Waals surface area contributed by atoms with E-state index >= 15 is 0 Å². The summed E-state index contributed by atoms with van der Waals surface area (Å²) in [5.41, 5.74) is -2.34. The Hall–Kier alpha value is -2.75. The normalized spacial score (nSPS) is 22.9. The number of methoxy groups -OCH3 is 1. The van der Waals surface area contributed by atoms with Crippen LogP contribution in [0.3, 0.4) is 0 Å². The summed E-state index contributed by atoms with van der Waals surface area (Å²) >= 11 is 9.43. The number of nitrogens with one attached hydrogen (secondary N) is 1. The van der Waals surface area contributed by atoms with Gasteiger partial charge in [-0.3, -0.25) is 14.6 Å². The Morgan fingerprint density at radius 1 is 1.29 bits per heavy atom. The minimum absolute atomic E-state index is 0.0370. The van der Waals surface area contributed by atoms with Crippen LogP contribution in [0, 0.1) is 17.1 Å². The van der Waals surface area contributed by atoms with Crippen molar-refractivity contribution < 1.29 is 27.1 Å². The topological polar surface area (TPSA) is 129 Å². The van der Waals surface area contributed by atoms with Gasteiger partial charge in [0.05, 0.1) is 39.5 Å². The van der Waals surface area contributed by atoms with E-state index in [2.05, 4.69) is 32.3 Å². The highest BCUT2D eigenvalue weighted by Gasteiger charge is 2.60. The fraction of sp³-hybridized carbons (Fsp3) is 0.440. The molecule has 1 N–H and O–H groups in total. The average Bonchev–Trinajstić information content (AvgIpc) is 3.80. The van der Waals surface area contributed by atoms with Gasteiger partial charge in [-0.15, -0.1) is 0 Å². The van der Waals surface area contributed by atoms with Crippen molar-refractivity contribution in [2.75, 3.05) is 13.7 Å². The molecule has 1 aromatic carbocycles. The zero-order chi connectivity index (χ0) is 27.5. The quantitative estimate of drug-likeness (QED) is 0.500. The second-order valence-electron chi connectivity index (χ2n) is 9.92. The Kier molecular flexibility index (Phi) is 6.69. The summed E-state index contributed by atoms with van der Waals surface area (Å²) in [5.74, 6) is -1.47. The van der Waals surface area contributed by atoms with E-state index in [1.165, 1.54) is 42.5 Å². The number of rotatable bonds is 7. The third-order valence-electron chi connectivity index (χ3n) is 7.46. The predicted octanol–water partition coefficient (Wildman–Crippen LogP) is 3.29. The first kappa shape index (κ1) is 26.8. The molecule has 9 nitrogen and oxygen atoms in total. The molecule has 5 rings (SSSR count). The molecule has 1 aliphatic heterocycles. The van der Waals surface area contributed by atoms with Crippen LogP contribution >= 0.6 is 27.5 Å². The Labute approximate surface area is 232 Å². The van der Waals surface area contributed by atoms with E-state index in [4.69, 9.17) is 16.3 Å². The molecule has 13 heteroatoms. The van der Waals surface area contributed by atoms with Crippen LogP contribution < -0.4 is 10.1 Å². The first-order valence-corrected chi connectivity index (χ1v) is 14.6. The van der Waals surface area contributed by atoms with E-state index < -0.39 is 49.7 Å². The number of nitrogens with zero attached hydrogens (tertiary/aromatic N) is 3. The molecule has 3 aliphatic rings. The monoisotopic (exact) mass is 624 g/mol. The molecule has 38 heavy (non-hydrogen) atoms. The summed E-state index contributed by atoms with van der Waals surface area (Å²) in [4.78, 5) is 32.5. The third-order valence-corrected chi connectivity index (χ3v) is 10.5. The number of carbonyl (C=O) groups excluding carboxylic acids is 2. The lowest BCUT2D eigenvalue weighted by atomic mass is 9.98. The van der Waals surface area contributed by atoms with Crippen LogP contribution in [0.4, 0.5) is 4.39 Å². The minimum Gasteiger partial charge on any atom is -0.497 e. The fourth-order valence-electron chi connectivity index (χ4n) is 4.94. The number of likely N-dealkylation sites (tertiary alicyclic amines) is 1. The molecular formula is C25H23BrClFN4O5S. The molecule has 1 aromatic heterocycles. The van der Waals surface area contributed by atoms with E-state index in [1.54, 1.807) is 0 Å². The number of nitriles is 1. The highest BCUT2D eigenvalue weighted by molar-refractivity contribution is 9.10. The standard InChI is InChI=1S/C25H23BrClFN4O5S/c1-37-15-2-3-20(17(27)9-15)38(35,36)16-10-19(22(33)31-24(13-29)4-5-24)32(12-16)23(34)25(6-7-25)21-18(28)8-14(26)11-30-21/h2-3,8-9,11,16,19H,4-7,10,12H2,1H3,(H,31,33)/t16?,19-/m0/s1. The molecule has 1 unspecified atom stereocenters. The lowest BCUT2D eigenvalue weighted by Crippen LogP contribution is -2.52. The lowest BCUT2D eigenvalue weighted by molar-refractivity contribution is -0.140. The molecule has 2 heterocycles. The van der Waals surface area contributed by atoms with E-state index in [9.17, 15) is 27.7 Å². The van der Waals surface area contributed by atoms with Crippen molar-refractivity contribution in [1.82, 2.24) is 15.2 Å². The van der Waals surface area contributed by atoms with E-state index in [0.29, 0.717) is 35.9 Å². The predicted molar refractivity (Wildman–Crippen MR) is 138 cm³/mol. The Morgan fingerprint density at radius 3 is 2.55 bits per heavy atom. The van der Waals surface area contributed by atoms with Gasteiger partial charge in [0.25, 0.3) is 0 Å². The molecular weight excluding hydrogens is 603 g/mol. The largest absolute Gasteiger partial charge is 0.497 e. The molecule has 2 atom stereocenters. The van der Waals surface area contributed by atoms with Crippen molar-refractivity contribution in [3.05, 3.63) is 51.5 Å². The van der Waals surface area contributed by atoms with Crippen LogP contribution in [-0.2, 0) is 24.8 Å². The van der Waals surface area contributed by atoms with Gasteiger partial charge in [0.1, 0.15) is 23.1 Å². The van der Waals surface area contributed by atoms with Crippen LogP contribution in [0.5, 0.6) is 5.75 Å². The van der Waals surface area contributed by atoms with Crippen LogP contribution in [0.25, 0.3) is 0 Å². The number of aromatic nitrogens is 1. The molecule has 2 amide bonds. The number of carbonyl (C=O) groups is 2. The van der Waals surface area contributed by atoms with E-state index in [1.807, 2.05) is 0 Å². The second kappa shape index (κ2) is 9.47. The van der Waals surface area contributed by atoms with Crippen LogP contribution in [0.2, 0.25) is 5.02 Å². The van der Waals surface area contributed by atoms with Crippen LogP contribution in [0.15, 0.2) is 39.8 Å². The Morgan fingerprint density at radius 2 is 2.00 bits per heavy atom. The first-order chi connectivity index (χ1) is 18.0. The maximum Gasteiger partial charge on any atom is 0.244 e. The van der Waals surface area contributed by atoms with Crippen molar-refractivity contribution in [2.45, 2.75) is 59.2 Å². The third kappa shape index (κ3) is 4.54. The molecule has 2 aromatic rings. The van der Waals surface area contributed by atoms with Gasteiger partial charge in [-0.05, 0) is 66.2 Å². The first-order valence-electron chi connectivity index (χ1n) is 11.9. The van der Waals surface area contributed by atoms with Gasteiger partial charge in [0.2, 0.25) is 11.8 Å². The van der Waals surface area contributed by atoms with Crippen molar-refractivity contribution in [2.24, 2.45) is 0 Å². The Bertz CT molecular complexity index is 1490. The van der Waals surface area contributed by atoms with Gasteiger partial charge in [-0.2, -0.15) is 5.26 Å². The highest BCUT2D eigenvalue weighted by Crippen LogP contribution is 2.51. The zero-order valence-electron chi connectivity index (χ0n) is 20.2. The Balaban J connectivity index is 1.49. The van der Waals surface area contributed by atoms with Crippen molar-refractivity contribution in [1.29, 1.82) is 5.26 Å². The summed E-state index contributed by atoms with van der Waals surface area (Å²) in [6, 6.07) is 6.29. The zero-order valence-corrected chi connectivity index (χ0v) is 23.4. The van der Waals surface area contributed by atoms with E-state index in [-0.39, 0.29) is 28.6 Å². The fourth-order valence-corrected chi connectivity index (χ4v) is 7.48. The SMILES string of the molecule is COc1ccc(S(=O)(=O)C2C[C@@H](C(=O)NC3(C#N)CC3)N(C(=O)C3(c4ncc(Br)cc4F)CC3)C2)c(Cl)c1. The molecule has 1 saturated heterocycles. The summed E-state index contributed by atoms with van der Waals surface area (Å²) < 4.78 is 47.7. The van der Waals surface area contributed by atoms with Gasteiger partial charge < -0.3 is 15.0 Å². The highest BCUT2D eigenvalue weighted by atomic mass is 79.9. The maximum atomic E-state index is 14.9. The van der Waals surface area contributed by atoms with Gasteiger partial charge in [-0.25, -0.2) is 12.8 Å². The number of ether oxygens (including phenoxy) is 1. The number of amides is 2. The van der Waals surface area contributed by atoms with E-state index in [0.717, 1.165) is 0 Å². The number of sulfone groups is 1. The van der Waals surface area contributed by atoms with Crippen molar-refractivity contribution in [3.63, 3.8) is 0 Å². The van der Waals surface area contributed by atoms with Gasteiger partial charge >= 0.3 is 0 Å². The summed E-state index contributed by atoms with van der Waals surface area (Å²) in [6.45, 7) is -0.291. The van der Waals surface area contributed by atoms with Crippen LogP contribution in [-0.4, -0.2) is 60.6 Å². The van der Waals surface area contributed by atoms with Gasteiger partial charge in [0, 0.05) is 23.3 Å². The number of benzene rings is 1. The summed E-state index contributed by atoms with van der Waals surface area (Å²) in [7, 11) is -2.66. The minimum atomic E-state index is -4.09. The number of hydrogen-bond acceptors (Lipinski definition) is 7.